The van der Waals surface area contributed by atoms with E-state index in [9.17, 15) is 39.6 Å². The van der Waals surface area contributed by atoms with Crippen LogP contribution in [0.2, 0.25) is 0 Å². The third-order valence-electron chi connectivity index (χ3n) is 20.3. The first kappa shape index (κ1) is 79.7. The van der Waals surface area contributed by atoms with Crippen LogP contribution in [0.3, 0.4) is 0 Å². The van der Waals surface area contributed by atoms with Crippen molar-refractivity contribution >= 4 is 23.9 Å². The van der Waals surface area contributed by atoms with Crippen molar-refractivity contribution in [1.29, 1.82) is 0 Å². The van der Waals surface area contributed by atoms with E-state index in [2.05, 4.69) is 75.0 Å². The van der Waals surface area contributed by atoms with E-state index in [0.717, 1.165) is 361 Å². The molecule has 0 saturated carbocycles. The van der Waals surface area contributed by atoms with Gasteiger partial charge in [0.2, 0.25) is 0 Å². The van der Waals surface area contributed by atoms with Crippen molar-refractivity contribution in [3.8, 4) is 0 Å². The first-order valence-electron chi connectivity index (χ1n) is 36.4. The molecule has 1 fully saturated rings. The van der Waals surface area contributed by atoms with Gasteiger partial charge in [-0.3, -0.25) is 29.0 Å². The van der Waals surface area contributed by atoms with E-state index in [1.807, 2.05) is 0 Å². The Kier molecular flexibility index (Phi) is 47.1. The zero-order chi connectivity index (χ0) is 62.2. The van der Waals surface area contributed by atoms with Gasteiger partial charge < -0.3 is 30.2 Å². The van der Waals surface area contributed by atoms with Gasteiger partial charge in [0.25, 0.3) is 0 Å². The van der Waals surface area contributed by atoms with Gasteiger partial charge in [-0.25, -0.2) is 0 Å². The summed E-state index contributed by atoms with van der Waals surface area (Å²) in [5.41, 5.74) is -2.53. The summed E-state index contributed by atoms with van der Waals surface area (Å²) in [5.74, 6) is -2.42. The lowest BCUT2D eigenvalue weighted by Gasteiger charge is -2.37. The van der Waals surface area contributed by atoms with Crippen LogP contribution >= 0.6 is 0 Å². The van der Waals surface area contributed by atoms with Crippen molar-refractivity contribution in [2.75, 3.05) is 78.5 Å². The number of carboxylic acids is 4. The van der Waals surface area contributed by atoms with E-state index < -0.39 is 45.5 Å². The number of carboxylic acid groups (broad SMARTS) is 4. The van der Waals surface area contributed by atoms with Crippen LogP contribution in [0.4, 0.5) is 0 Å². The van der Waals surface area contributed by atoms with Gasteiger partial charge in [-0.2, -0.15) is 0 Å². The third kappa shape index (κ3) is 33.3. The SMILES string of the molecule is CCCCCCC(CCCC)(CCCCN(CCCCC(CCCC)(CCCCCC)C(=O)O)CCN1CCN(CCN(CCCCC(CCCC)(CCCCCC)C(=O)O)CCCCC(CCCC)(CCCCCC)C(=O)O)CC1)C(=O)O. The largest absolute Gasteiger partial charge is 0.481 e. The van der Waals surface area contributed by atoms with Gasteiger partial charge in [0.1, 0.15) is 0 Å². The van der Waals surface area contributed by atoms with E-state index >= 15 is 0 Å². The van der Waals surface area contributed by atoms with Crippen LogP contribution in [0, 0.1) is 21.7 Å². The van der Waals surface area contributed by atoms with Gasteiger partial charge in [-0.1, -0.05) is 235 Å². The Labute approximate surface area is 519 Å². The van der Waals surface area contributed by atoms with E-state index in [4.69, 9.17) is 0 Å². The Morgan fingerprint density at radius 3 is 0.619 bits per heavy atom. The Bertz CT molecular complexity index is 1410. The van der Waals surface area contributed by atoms with Crippen molar-refractivity contribution < 1.29 is 39.6 Å². The number of aliphatic carboxylic acids is 4. The fourth-order valence-corrected chi connectivity index (χ4v) is 14.1. The maximum atomic E-state index is 13.0. The van der Waals surface area contributed by atoms with Gasteiger partial charge in [0.15, 0.2) is 0 Å². The molecule has 4 unspecified atom stereocenters. The molecule has 12 heteroatoms. The number of hydrogen-bond donors (Lipinski definition) is 4. The molecule has 84 heavy (non-hydrogen) atoms. The molecule has 496 valence electrons. The molecular weight excluding hydrogens is 1050 g/mol. The zero-order valence-electron chi connectivity index (χ0n) is 56.8. The summed E-state index contributed by atoms with van der Waals surface area (Å²) >= 11 is 0. The lowest BCUT2D eigenvalue weighted by Crippen LogP contribution is -2.50. The normalized spacial score (nSPS) is 16.4. The molecule has 0 radical (unpaired) electrons. The standard InChI is InChI=1S/C72H140N4O8/c1-9-17-25-29-45-69(65(77)78,41-21-13-5)49-33-37-53-73(54-38-34-50-70(66(79)80,42-22-14-6)46-30-26-18-10-2)57-59-75-61-63-76(64-62-75)60-58-74(55-39-35-51-71(67(81)82,43-23-15-7)47-31-27-19-11-3)56-40-36-52-72(68(83)84,44-24-16-8)48-32-28-20-12-4/h9-64H2,1-8H3,(H,77,78)(H,79,80)(H,81,82)(H,83,84). The van der Waals surface area contributed by atoms with E-state index in [0.29, 0.717) is 0 Å². The summed E-state index contributed by atoms with van der Waals surface area (Å²) in [5, 5.41) is 42.8. The molecule has 0 aromatic rings. The minimum absolute atomic E-state index is 0.605. The Balaban J connectivity index is 3.22. The summed E-state index contributed by atoms with van der Waals surface area (Å²) in [6.45, 7) is 29.2. The molecule has 1 heterocycles. The fourth-order valence-electron chi connectivity index (χ4n) is 14.1. The summed E-state index contributed by atoms with van der Waals surface area (Å²) in [4.78, 5) is 62.5. The number of hydrogen-bond acceptors (Lipinski definition) is 8. The first-order chi connectivity index (χ1) is 40.6. The molecule has 0 bridgehead atoms. The van der Waals surface area contributed by atoms with Crippen LogP contribution in [0.25, 0.3) is 0 Å². The van der Waals surface area contributed by atoms with Crippen molar-refractivity contribution in [3.05, 3.63) is 0 Å². The third-order valence-corrected chi connectivity index (χ3v) is 20.3. The molecule has 4 N–H and O–H groups in total. The molecule has 0 aliphatic carbocycles. The molecule has 0 aromatic carbocycles. The second kappa shape index (κ2) is 49.6. The highest BCUT2D eigenvalue weighted by Crippen LogP contribution is 2.41. The fraction of sp³-hybridized carbons (Fsp3) is 0.944. The molecule has 1 aliphatic rings. The van der Waals surface area contributed by atoms with Crippen molar-refractivity contribution in [2.45, 2.75) is 338 Å². The molecule has 0 spiro atoms. The first-order valence-corrected chi connectivity index (χ1v) is 36.4. The number of rotatable bonds is 62. The monoisotopic (exact) mass is 1190 g/mol. The van der Waals surface area contributed by atoms with Crippen molar-refractivity contribution in [1.82, 2.24) is 19.6 Å². The van der Waals surface area contributed by atoms with Crippen LogP contribution in [0.5, 0.6) is 0 Å². The van der Waals surface area contributed by atoms with E-state index in [1.165, 1.54) is 0 Å². The summed E-state index contributed by atoms with van der Waals surface area (Å²) in [6.07, 6.45) is 42.1. The Morgan fingerprint density at radius 2 is 0.440 bits per heavy atom. The van der Waals surface area contributed by atoms with Crippen molar-refractivity contribution in [3.63, 3.8) is 0 Å². The van der Waals surface area contributed by atoms with Gasteiger partial charge in [0.05, 0.1) is 21.7 Å². The Hall–Kier alpha value is -2.28. The van der Waals surface area contributed by atoms with Gasteiger partial charge >= 0.3 is 23.9 Å². The maximum absolute atomic E-state index is 13.0. The number of piperazine rings is 1. The van der Waals surface area contributed by atoms with Crippen LogP contribution in [0.1, 0.15) is 338 Å². The zero-order valence-corrected chi connectivity index (χ0v) is 56.8. The quantitative estimate of drug-likeness (QED) is 0.0427. The molecule has 1 saturated heterocycles. The average Bonchev–Trinajstić information content (AvgIpc) is 3.60. The minimum Gasteiger partial charge on any atom is -0.481 e. The van der Waals surface area contributed by atoms with Crippen LogP contribution in [0.15, 0.2) is 0 Å². The number of carbonyl (C=O) groups is 4. The topological polar surface area (TPSA) is 162 Å². The molecule has 1 rings (SSSR count). The number of nitrogens with zero attached hydrogens (tertiary/aromatic N) is 4. The highest BCUT2D eigenvalue weighted by atomic mass is 16.4. The summed E-state index contributed by atoms with van der Waals surface area (Å²) < 4.78 is 0. The lowest BCUT2D eigenvalue weighted by atomic mass is 9.74. The molecule has 4 atom stereocenters. The second-order valence-electron chi connectivity index (χ2n) is 27.2. The second-order valence-corrected chi connectivity index (χ2v) is 27.2. The summed E-state index contributed by atoms with van der Waals surface area (Å²) in [7, 11) is 0. The van der Waals surface area contributed by atoms with Crippen molar-refractivity contribution in [2.24, 2.45) is 21.7 Å². The average molecular weight is 1190 g/mol. The lowest BCUT2D eigenvalue weighted by molar-refractivity contribution is -0.151. The molecule has 0 amide bonds. The smallest absolute Gasteiger partial charge is 0.309 e. The highest BCUT2D eigenvalue weighted by molar-refractivity contribution is 5.76. The van der Waals surface area contributed by atoms with Crippen LogP contribution in [-0.2, 0) is 19.2 Å². The Morgan fingerprint density at radius 1 is 0.262 bits per heavy atom. The van der Waals surface area contributed by atoms with E-state index in [-0.39, 0.29) is 0 Å². The summed E-state index contributed by atoms with van der Waals surface area (Å²) in [6, 6.07) is 0. The highest BCUT2D eigenvalue weighted by Gasteiger charge is 2.40. The van der Waals surface area contributed by atoms with Gasteiger partial charge in [-0.15, -0.1) is 0 Å². The van der Waals surface area contributed by atoms with Gasteiger partial charge in [-0.05, 0) is 129 Å². The van der Waals surface area contributed by atoms with Crippen LogP contribution < -0.4 is 0 Å². The predicted molar refractivity (Wildman–Crippen MR) is 355 cm³/mol. The maximum Gasteiger partial charge on any atom is 0.309 e. The van der Waals surface area contributed by atoms with Crippen LogP contribution in [-0.4, -0.2) is 142 Å². The molecule has 1 aliphatic heterocycles. The molecular formula is C72H140N4O8. The van der Waals surface area contributed by atoms with E-state index in [1.54, 1.807) is 0 Å². The minimum atomic E-state index is -0.632. The number of unbranched alkanes of at least 4 members (excludes halogenated alkanes) is 20. The predicted octanol–water partition coefficient (Wildman–Crippen LogP) is 18.8. The molecule has 0 aromatic heterocycles. The van der Waals surface area contributed by atoms with Gasteiger partial charge in [0, 0.05) is 52.4 Å². The molecule has 12 nitrogen and oxygen atoms in total.